The molecule has 0 aliphatic carbocycles. The number of aryl methyl sites for hydroxylation is 1. The van der Waals surface area contributed by atoms with Crippen LogP contribution in [0.1, 0.15) is 11.1 Å². The summed E-state index contributed by atoms with van der Waals surface area (Å²) in [4.78, 5) is 0. The Hall–Kier alpha value is -0.00364. The first-order valence-electron chi connectivity index (χ1n) is 9.83. The van der Waals surface area contributed by atoms with Crippen molar-refractivity contribution in [2.75, 3.05) is 0 Å². The van der Waals surface area contributed by atoms with Crippen molar-refractivity contribution in [1.82, 2.24) is 0 Å². The Morgan fingerprint density at radius 3 is 0.938 bits per heavy atom. The first-order valence-corrected chi connectivity index (χ1v) is 9.83. The Kier molecular flexibility index (Phi) is 18.3. The van der Waals surface area contributed by atoms with Gasteiger partial charge in [0, 0.05) is 110 Å². The number of hydrogen-bond donors (Lipinski definition) is 0. The molecule has 5 aromatic rings. The van der Waals surface area contributed by atoms with Crippen molar-refractivity contribution in [3.63, 3.8) is 0 Å². The van der Waals surface area contributed by atoms with E-state index in [1.165, 1.54) is 32.7 Å². The predicted octanol–water partition coefficient (Wildman–Crippen LogP) is 7.18. The maximum atomic E-state index is 3.69. The molecular weight excluding hydrogens is 433 g/mol. The third-order valence-electron chi connectivity index (χ3n) is 4.73. The van der Waals surface area contributed by atoms with E-state index >= 15 is 0 Å². The van der Waals surface area contributed by atoms with Gasteiger partial charge in [-0.15, -0.1) is 0 Å². The fourth-order valence-electron chi connectivity index (χ4n) is 3.08. The molecule has 0 bridgehead atoms. The van der Waals surface area contributed by atoms with E-state index in [2.05, 4.69) is 123 Å². The summed E-state index contributed by atoms with van der Waals surface area (Å²) in [5.74, 6) is 0. The normalized spacial score (nSPS) is 8.78. The summed E-state index contributed by atoms with van der Waals surface area (Å²) in [7, 11) is 0. The minimum Gasteiger partial charge on any atom is -0.0985 e. The van der Waals surface area contributed by atoms with E-state index < -0.39 is 0 Å². The zero-order valence-electron chi connectivity index (χ0n) is 19.8. The maximum Gasteiger partial charge on any atom is 0 e. The molecule has 5 rings (SSSR count). The van der Waals surface area contributed by atoms with Crippen molar-refractivity contribution < 1.29 is 0 Å². The molecule has 0 saturated carbocycles. The zero-order valence-corrected chi connectivity index (χ0v) is 27.0. The van der Waals surface area contributed by atoms with Gasteiger partial charge >= 0.3 is 0 Å². The van der Waals surface area contributed by atoms with E-state index in [0.29, 0.717) is 0 Å². The Labute approximate surface area is 279 Å². The average molecular weight is 460 g/mol. The summed E-state index contributed by atoms with van der Waals surface area (Å²) in [5, 5.41) is 5.24. The van der Waals surface area contributed by atoms with Crippen LogP contribution in [0.25, 0.3) is 27.6 Å². The minimum absolute atomic E-state index is 0. The van der Waals surface area contributed by atoms with Crippen molar-refractivity contribution >= 4 is 138 Å². The summed E-state index contributed by atoms with van der Waals surface area (Å²) < 4.78 is 0. The van der Waals surface area contributed by atoms with Crippen LogP contribution in [-0.4, -0.2) is 110 Å². The van der Waals surface area contributed by atoms with E-state index in [4.69, 9.17) is 0 Å². The molecule has 3 heteroatoms. The van der Waals surface area contributed by atoms with Gasteiger partial charge in [0.2, 0.25) is 0 Å². The Balaban J connectivity index is 0.000000431. The Morgan fingerprint density at radius 2 is 0.719 bits per heavy atom. The molecule has 0 unspecified atom stereocenters. The van der Waals surface area contributed by atoms with Crippen LogP contribution in [0, 0.1) is 6.92 Å². The van der Waals surface area contributed by atoms with Gasteiger partial charge in [-0.2, -0.15) is 0 Å². The third kappa shape index (κ3) is 10.5. The van der Waals surface area contributed by atoms with Crippen LogP contribution in [0.2, 0.25) is 0 Å². The molecule has 0 spiro atoms. The van der Waals surface area contributed by atoms with Crippen molar-refractivity contribution in [2.24, 2.45) is 0 Å². The first kappa shape index (κ1) is 32.0. The molecule has 5 aromatic carbocycles. The molecule has 0 N–H and O–H groups in total. The summed E-state index contributed by atoms with van der Waals surface area (Å²) in [6.45, 7) is 5.77. The van der Waals surface area contributed by atoms with E-state index in [1.807, 2.05) is 18.2 Å². The van der Waals surface area contributed by atoms with Crippen LogP contribution in [0.15, 0.2) is 128 Å². The molecule has 0 atom stereocenters. The van der Waals surface area contributed by atoms with E-state index in [1.54, 1.807) is 0 Å². The number of rotatable bonds is 1. The molecule has 0 fully saturated rings. The van der Waals surface area contributed by atoms with Crippen LogP contribution in [0.3, 0.4) is 0 Å². The third-order valence-corrected chi connectivity index (χ3v) is 4.73. The quantitative estimate of drug-likeness (QED) is 0.233. The smallest absolute Gasteiger partial charge is 0 e. The second kappa shape index (κ2) is 18.3. The molecule has 0 aliphatic heterocycles. The average Bonchev–Trinajstić information content (AvgIpc) is 2.80. The van der Waals surface area contributed by atoms with Gasteiger partial charge in [-0.1, -0.05) is 134 Å². The summed E-state index contributed by atoms with van der Waals surface area (Å²) in [5.41, 5.74) is 2.50. The van der Waals surface area contributed by atoms with Crippen LogP contribution in [0.5, 0.6) is 0 Å². The summed E-state index contributed by atoms with van der Waals surface area (Å²) >= 11 is 0. The topological polar surface area (TPSA) is 0 Å². The molecule has 32 heavy (non-hydrogen) atoms. The van der Waals surface area contributed by atoms with Gasteiger partial charge < -0.3 is 0 Å². The van der Waals surface area contributed by atoms with Gasteiger partial charge in [0.15, 0.2) is 0 Å². The maximum absolute atomic E-state index is 3.69. The second-order valence-electron chi connectivity index (χ2n) is 6.76. The van der Waals surface area contributed by atoms with Crippen molar-refractivity contribution in [1.29, 1.82) is 0 Å². The Morgan fingerprint density at radius 1 is 0.469 bits per heavy atom. The fourth-order valence-corrected chi connectivity index (χ4v) is 3.08. The molecule has 0 aliphatic rings. The number of benzene rings is 5. The van der Waals surface area contributed by atoms with Gasteiger partial charge in [0.05, 0.1) is 0 Å². The standard InChI is InChI=1S/2C10H8.C9H10.K.2Na/c2*1-2-6-10-8-4-3-7-9(10)5-1;1-3-9-7-5-4-6-8(9)2;;;/h2*1-8H;3-7H,1H2,2H3;;;. The molecule has 0 amide bonds. The van der Waals surface area contributed by atoms with Crippen molar-refractivity contribution in [3.8, 4) is 0 Å². The van der Waals surface area contributed by atoms with Gasteiger partial charge in [0.1, 0.15) is 0 Å². The van der Waals surface area contributed by atoms with Crippen LogP contribution < -0.4 is 0 Å². The second-order valence-corrected chi connectivity index (χ2v) is 6.76. The number of fused-ring (bicyclic) bond motifs is 2. The Bertz CT molecular complexity index is 1000. The van der Waals surface area contributed by atoms with Crippen LogP contribution in [0.4, 0.5) is 0 Å². The van der Waals surface area contributed by atoms with E-state index in [-0.39, 0.29) is 110 Å². The number of hydrogen-bond acceptors (Lipinski definition) is 0. The molecule has 0 saturated heterocycles. The van der Waals surface area contributed by atoms with Crippen LogP contribution >= 0.6 is 0 Å². The molecule has 145 valence electrons. The molecular formula is C29H26KNa2. The van der Waals surface area contributed by atoms with E-state index in [0.717, 1.165) is 0 Å². The van der Waals surface area contributed by atoms with Gasteiger partial charge in [-0.05, 0) is 39.6 Å². The summed E-state index contributed by atoms with van der Waals surface area (Å²) in [6.07, 6.45) is 1.87. The van der Waals surface area contributed by atoms with E-state index in [9.17, 15) is 0 Å². The monoisotopic (exact) mass is 459 g/mol. The predicted molar refractivity (Wildman–Crippen MR) is 146 cm³/mol. The molecule has 0 aromatic heterocycles. The van der Waals surface area contributed by atoms with Crippen LogP contribution in [-0.2, 0) is 0 Å². The SMILES string of the molecule is C=Cc1ccccc1C.[K].[Na].[Na].c1ccc2ccccc2c1.c1ccc2ccccc2c1. The van der Waals surface area contributed by atoms with Gasteiger partial charge in [0.25, 0.3) is 0 Å². The molecule has 0 heterocycles. The van der Waals surface area contributed by atoms with Gasteiger partial charge in [-0.25, -0.2) is 0 Å². The minimum atomic E-state index is 0. The first-order chi connectivity index (χ1) is 14.3. The summed E-state index contributed by atoms with van der Waals surface area (Å²) in [6, 6.07) is 41.6. The van der Waals surface area contributed by atoms with Gasteiger partial charge in [-0.3, -0.25) is 0 Å². The fraction of sp³-hybridized carbons (Fsp3) is 0.0345. The largest absolute Gasteiger partial charge is 0.0985 e. The molecule has 0 nitrogen and oxygen atoms in total. The zero-order chi connectivity index (χ0) is 20.3. The molecule has 3 radical (unpaired) electrons. The van der Waals surface area contributed by atoms with Crippen molar-refractivity contribution in [2.45, 2.75) is 6.92 Å². The van der Waals surface area contributed by atoms with Crippen molar-refractivity contribution in [3.05, 3.63) is 139 Å².